The minimum absolute atomic E-state index is 0. The van der Waals surface area contributed by atoms with Gasteiger partial charge in [-0.2, -0.15) is 0 Å². The second kappa shape index (κ2) is 5.84. The van der Waals surface area contributed by atoms with Crippen LogP contribution in [0.5, 0.6) is 0 Å². The zero-order valence-corrected chi connectivity index (χ0v) is 6.86. The fraction of sp³-hybridized carbons (Fsp3) is 0.250. The van der Waals surface area contributed by atoms with E-state index in [9.17, 15) is 0 Å². The molecule has 3 heteroatoms. The summed E-state index contributed by atoms with van der Waals surface area (Å²) in [7, 11) is 0. The third-order valence-electron chi connectivity index (χ3n) is 1.11. The molecule has 0 aliphatic carbocycles. The third-order valence-corrected chi connectivity index (χ3v) is 1.11. The van der Waals surface area contributed by atoms with Gasteiger partial charge in [0.05, 0.1) is 19.4 Å². The van der Waals surface area contributed by atoms with E-state index in [0.717, 1.165) is 5.76 Å². The Balaban J connectivity index is 0.000001000. The van der Waals surface area contributed by atoms with Gasteiger partial charge in [0.15, 0.2) is 0 Å². The lowest BCUT2D eigenvalue weighted by molar-refractivity contribution is 0.491. The molecule has 0 aromatic carbocycles. The number of terminal acetylenes is 1. The van der Waals surface area contributed by atoms with Crippen LogP contribution in [-0.2, 0) is 6.54 Å². The second-order valence-electron chi connectivity index (χ2n) is 1.89. The summed E-state index contributed by atoms with van der Waals surface area (Å²) in [5.74, 6) is 3.39. The summed E-state index contributed by atoms with van der Waals surface area (Å²) in [6, 6.07) is 3.76. The monoisotopic (exact) mass is 171 g/mol. The Bertz CT molecular complexity index is 212. The molecule has 0 amide bonds. The van der Waals surface area contributed by atoms with Crippen molar-refractivity contribution in [1.82, 2.24) is 5.32 Å². The first-order valence-electron chi connectivity index (χ1n) is 3.10. The van der Waals surface area contributed by atoms with Gasteiger partial charge in [0.1, 0.15) is 5.76 Å². The molecule has 0 unspecified atom stereocenters. The van der Waals surface area contributed by atoms with Gasteiger partial charge in [-0.25, -0.2) is 0 Å². The molecular formula is C8H10ClNO. The Hall–Kier alpha value is -0.910. The van der Waals surface area contributed by atoms with E-state index in [1.807, 2.05) is 12.1 Å². The Labute approximate surface area is 72.4 Å². The number of rotatable bonds is 3. The topological polar surface area (TPSA) is 25.2 Å². The summed E-state index contributed by atoms with van der Waals surface area (Å²) in [6.07, 6.45) is 6.67. The van der Waals surface area contributed by atoms with Crippen molar-refractivity contribution < 1.29 is 4.42 Å². The van der Waals surface area contributed by atoms with E-state index in [4.69, 9.17) is 10.8 Å². The molecule has 1 aromatic heterocycles. The highest BCUT2D eigenvalue weighted by molar-refractivity contribution is 5.85. The van der Waals surface area contributed by atoms with Gasteiger partial charge >= 0.3 is 0 Å². The van der Waals surface area contributed by atoms with Crippen molar-refractivity contribution in [2.45, 2.75) is 6.54 Å². The average molecular weight is 172 g/mol. The molecule has 60 valence electrons. The lowest BCUT2D eigenvalue weighted by atomic mass is 10.4. The zero-order valence-electron chi connectivity index (χ0n) is 6.04. The largest absolute Gasteiger partial charge is 0.468 e. The van der Waals surface area contributed by atoms with Crippen LogP contribution in [-0.4, -0.2) is 6.54 Å². The first-order chi connectivity index (χ1) is 4.93. The maximum absolute atomic E-state index is 5.05. The van der Waals surface area contributed by atoms with Crippen LogP contribution in [0.2, 0.25) is 0 Å². The van der Waals surface area contributed by atoms with E-state index in [1.165, 1.54) is 0 Å². The first kappa shape index (κ1) is 10.1. The predicted molar refractivity (Wildman–Crippen MR) is 46.5 cm³/mol. The minimum Gasteiger partial charge on any atom is -0.468 e. The maximum Gasteiger partial charge on any atom is 0.117 e. The van der Waals surface area contributed by atoms with Gasteiger partial charge in [0.2, 0.25) is 0 Å². The van der Waals surface area contributed by atoms with Crippen LogP contribution in [0.1, 0.15) is 5.76 Å². The molecule has 1 heterocycles. The highest BCUT2D eigenvalue weighted by atomic mass is 35.5. The third kappa shape index (κ3) is 3.72. The van der Waals surface area contributed by atoms with Crippen molar-refractivity contribution in [2.75, 3.05) is 6.54 Å². The molecular weight excluding hydrogens is 162 g/mol. The molecule has 0 saturated carbocycles. The first-order valence-corrected chi connectivity index (χ1v) is 3.10. The Morgan fingerprint density at radius 1 is 1.64 bits per heavy atom. The van der Waals surface area contributed by atoms with Gasteiger partial charge in [-0.3, -0.25) is 5.32 Å². The van der Waals surface area contributed by atoms with Crippen molar-refractivity contribution in [3.63, 3.8) is 0 Å². The fourth-order valence-corrected chi connectivity index (χ4v) is 0.671. The zero-order chi connectivity index (χ0) is 7.23. The number of hydrogen-bond acceptors (Lipinski definition) is 2. The van der Waals surface area contributed by atoms with Gasteiger partial charge in [-0.1, -0.05) is 5.92 Å². The molecule has 0 atom stereocenters. The van der Waals surface area contributed by atoms with Crippen LogP contribution in [0.25, 0.3) is 0 Å². The summed E-state index contributed by atoms with van der Waals surface area (Å²) in [4.78, 5) is 0. The number of halogens is 1. The summed E-state index contributed by atoms with van der Waals surface area (Å²) in [5.41, 5.74) is 0. The molecule has 1 rings (SSSR count). The average Bonchev–Trinajstić information content (AvgIpc) is 2.41. The lowest BCUT2D eigenvalue weighted by Crippen LogP contribution is -2.12. The quantitative estimate of drug-likeness (QED) is 0.550. The summed E-state index contributed by atoms with van der Waals surface area (Å²) in [6.45, 7) is 1.29. The number of nitrogens with one attached hydrogen (secondary N) is 1. The molecule has 0 spiro atoms. The molecule has 0 fully saturated rings. The Morgan fingerprint density at radius 3 is 3.00 bits per heavy atom. The van der Waals surface area contributed by atoms with Gasteiger partial charge < -0.3 is 4.42 Å². The van der Waals surface area contributed by atoms with E-state index in [0.29, 0.717) is 13.1 Å². The van der Waals surface area contributed by atoms with E-state index in [1.54, 1.807) is 6.26 Å². The minimum atomic E-state index is 0. The molecule has 1 aromatic rings. The molecule has 0 aliphatic heterocycles. The SMILES string of the molecule is C#CCNCc1ccco1.Cl. The number of hydrogen-bond donors (Lipinski definition) is 1. The molecule has 0 bridgehead atoms. The standard InChI is InChI=1S/C8H9NO.ClH/c1-2-5-9-7-8-4-3-6-10-8;/h1,3-4,6,9H,5,7H2;1H. The van der Waals surface area contributed by atoms with Crippen LogP contribution < -0.4 is 5.32 Å². The maximum atomic E-state index is 5.05. The van der Waals surface area contributed by atoms with Crippen LogP contribution >= 0.6 is 12.4 Å². The van der Waals surface area contributed by atoms with Crippen LogP contribution in [0, 0.1) is 12.3 Å². The van der Waals surface area contributed by atoms with Crippen molar-refractivity contribution in [2.24, 2.45) is 0 Å². The van der Waals surface area contributed by atoms with Crippen LogP contribution in [0.15, 0.2) is 22.8 Å². The lowest BCUT2D eigenvalue weighted by Gasteiger charge is -1.94. The highest BCUT2D eigenvalue weighted by Gasteiger charge is 1.90. The number of furan rings is 1. The molecule has 2 nitrogen and oxygen atoms in total. The van der Waals surface area contributed by atoms with Gasteiger partial charge in [0, 0.05) is 0 Å². The molecule has 0 aliphatic rings. The molecule has 11 heavy (non-hydrogen) atoms. The van der Waals surface area contributed by atoms with Crippen molar-refractivity contribution in [3.8, 4) is 12.3 Å². The van der Waals surface area contributed by atoms with E-state index in [2.05, 4.69) is 11.2 Å². The summed E-state index contributed by atoms with van der Waals surface area (Å²) >= 11 is 0. The van der Waals surface area contributed by atoms with E-state index >= 15 is 0 Å². The van der Waals surface area contributed by atoms with E-state index in [-0.39, 0.29) is 12.4 Å². The van der Waals surface area contributed by atoms with Crippen molar-refractivity contribution in [1.29, 1.82) is 0 Å². The fourth-order valence-electron chi connectivity index (χ4n) is 0.671. The molecule has 0 saturated heterocycles. The van der Waals surface area contributed by atoms with Gasteiger partial charge in [0.25, 0.3) is 0 Å². The summed E-state index contributed by atoms with van der Waals surface area (Å²) < 4.78 is 5.05. The molecule has 1 N–H and O–H groups in total. The normalized spacial score (nSPS) is 8.27. The van der Waals surface area contributed by atoms with E-state index < -0.39 is 0 Å². The van der Waals surface area contributed by atoms with Crippen LogP contribution in [0.3, 0.4) is 0 Å². The summed E-state index contributed by atoms with van der Waals surface area (Å²) in [5, 5.41) is 3.01. The van der Waals surface area contributed by atoms with Crippen LogP contribution in [0.4, 0.5) is 0 Å². The van der Waals surface area contributed by atoms with Crippen molar-refractivity contribution in [3.05, 3.63) is 24.2 Å². The Kier molecular flexibility index (Phi) is 5.36. The van der Waals surface area contributed by atoms with Gasteiger partial charge in [-0.05, 0) is 12.1 Å². The Morgan fingerprint density at radius 2 is 2.45 bits per heavy atom. The predicted octanol–water partition coefficient (Wildman–Crippen LogP) is 1.42. The smallest absolute Gasteiger partial charge is 0.117 e. The molecule has 0 radical (unpaired) electrons. The highest BCUT2D eigenvalue weighted by Crippen LogP contribution is 1.97. The second-order valence-corrected chi connectivity index (χ2v) is 1.89. The van der Waals surface area contributed by atoms with Gasteiger partial charge in [-0.15, -0.1) is 18.8 Å². The van der Waals surface area contributed by atoms with Crippen molar-refractivity contribution >= 4 is 12.4 Å².